The van der Waals surface area contributed by atoms with Crippen molar-refractivity contribution in [2.24, 2.45) is 5.73 Å². The molecule has 1 fully saturated rings. The summed E-state index contributed by atoms with van der Waals surface area (Å²) in [4.78, 5) is -0.241. The lowest BCUT2D eigenvalue weighted by atomic mass is 10.0. The summed E-state index contributed by atoms with van der Waals surface area (Å²) >= 11 is 11.5. The molecule has 0 saturated carbocycles. The molecule has 0 bridgehead atoms. The molecule has 1 aliphatic heterocycles. The first-order valence-corrected chi connectivity index (χ1v) is 8.94. The Labute approximate surface area is 134 Å². The molecule has 0 aromatic heterocycles. The van der Waals surface area contributed by atoms with Gasteiger partial charge >= 0.3 is 0 Å². The van der Waals surface area contributed by atoms with Crippen LogP contribution in [-0.4, -0.2) is 31.9 Å². The maximum atomic E-state index is 13.8. The predicted molar refractivity (Wildman–Crippen MR) is 81.6 cm³/mol. The average molecular weight is 355 g/mol. The van der Waals surface area contributed by atoms with Gasteiger partial charge in [0, 0.05) is 12.6 Å². The zero-order valence-corrected chi connectivity index (χ0v) is 13.7. The lowest BCUT2D eigenvalue weighted by Crippen LogP contribution is -2.44. The average Bonchev–Trinajstić information content (AvgIpc) is 2.45. The summed E-state index contributed by atoms with van der Waals surface area (Å²) in [5, 5.41) is -0.657. The van der Waals surface area contributed by atoms with E-state index in [1.165, 1.54) is 16.4 Å². The third kappa shape index (κ3) is 3.35. The van der Waals surface area contributed by atoms with Gasteiger partial charge in [-0.3, -0.25) is 0 Å². The van der Waals surface area contributed by atoms with Crippen molar-refractivity contribution in [2.45, 2.75) is 36.6 Å². The Balaban J connectivity index is 2.43. The standard InChI is InChI=1S/C13H17Cl2FN2O2S/c14-10-4-5-11(12(15)13(10)16)21(19,20)18-8-2-1-3-9(18)6-7-17/h4-5,9H,1-3,6-8,17H2. The first-order chi connectivity index (χ1) is 9.89. The van der Waals surface area contributed by atoms with Gasteiger partial charge in [0.05, 0.1) is 10.0 Å². The van der Waals surface area contributed by atoms with Crippen LogP contribution in [0.2, 0.25) is 10.0 Å². The first-order valence-electron chi connectivity index (χ1n) is 6.75. The first kappa shape index (κ1) is 17.0. The van der Waals surface area contributed by atoms with E-state index in [4.69, 9.17) is 28.9 Å². The van der Waals surface area contributed by atoms with Gasteiger partial charge in [0.25, 0.3) is 0 Å². The molecule has 0 spiro atoms. The van der Waals surface area contributed by atoms with Gasteiger partial charge in [-0.25, -0.2) is 12.8 Å². The maximum absolute atomic E-state index is 13.8. The molecule has 2 rings (SSSR count). The van der Waals surface area contributed by atoms with Crippen LogP contribution in [0.25, 0.3) is 0 Å². The number of piperidine rings is 1. The fraction of sp³-hybridized carbons (Fsp3) is 0.538. The molecule has 4 nitrogen and oxygen atoms in total. The summed E-state index contributed by atoms with van der Waals surface area (Å²) in [5.41, 5.74) is 5.55. The molecular weight excluding hydrogens is 338 g/mol. The van der Waals surface area contributed by atoms with E-state index in [1.807, 2.05) is 0 Å². The van der Waals surface area contributed by atoms with E-state index < -0.39 is 20.9 Å². The number of hydrogen-bond acceptors (Lipinski definition) is 3. The molecule has 0 amide bonds. The fourth-order valence-corrected chi connectivity index (χ4v) is 5.05. The van der Waals surface area contributed by atoms with Crippen LogP contribution in [0.3, 0.4) is 0 Å². The van der Waals surface area contributed by atoms with Gasteiger partial charge in [-0.1, -0.05) is 29.6 Å². The normalized spacial score (nSPS) is 20.7. The second-order valence-electron chi connectivity index (χ2n) is 5.02. The molecule has 118 valence electrons. The zero-order chi connectivity index (χ0) is 15.6. The van der Waals surface area contributed by atoms with E-state index in [0.717, 1.165) is 19.3 Å². The van der Waals surface area contributed by atoms with E-state index in [-0.39, 0.29) is 16.0 Å². The van der Waals surface area contributed by atoms with Gasteiger partial charge in [-0.15, -0.1) is 0 Å². The highest BCUT2D eigenvalue weighted by atomic mass is 35.5. The second kappa shape index (κ2) is 6.79. The quantitative estimate of drug-likeness (QED) is 0.845. The number of nitrogens with two attached hydrogens (primary N) is 1. The van der Waals surface area contributed by atoms with Gasteiger partial charge in [0.15, 0.2) is 5.82 Å². The van der Waals surface area contributed by atoms with Crippen molar-refractivity contribution in [3.63, 3.8) is 0 Å². The summed E-state index contributed by atoms with van der Waals surface area (Å²) in [6.07, 6.45) is 3.06. The third-order valence-electron chi connectivity index (χ3n) is 3.66. The molecule has 0 aliphatic carbocycles. The minimum absolute atomic E-state index is 0.163. The Bertz CT molecular complexity index is 623. The molecule has 1 atom stereocenters. The summed E-state index contributed by atoms with van der Waals surface area (Å²) in [6.45, 7) is 0.799. The monoisotopic (exact) mass is 354 g/mol. The highest BCUT2D eigenvalue weighted by molar-refractivity contribution is 7.89. The molecule has 1 saturated heterocycles. The van der Waals surface area contributed by atoms with Crippen molar-refractivity contribution >= 4 is 33.2 Å². The smallest absolute Gasteiger partial charge is 0.244 e. The van der Waals surface area contributed by atoms with Crippen LogP contribution in [0, 0.1) is 5.82 Å². The zero-order valence-electron chi connectivity index (χ0n) is 11.4. The van der Waals surface area contributed by atoms with Gasteiger partial charge in [0.1, 0.15) is 4.90 Å². The molecule has 1 aliphatic rings. The van der Waals surface area contributed by atoms with E-state index in [9.17, 15) is 12.8 Å². The molecule has 1 aromatic rings. The number of halogens is 3. The maximum Gasteiger partial charge on any atom is 0.244 e. The number of benzene rings is 1. The van der Waals surface area contributed by atoms with Crippen LogP contribution in [0.5, 0.6) is 0 Å². The van der Waals surface area contributed by atoms with Crippen LogP contribution in [-0.2, 0) is 10.0 Å². The number of hydrogen-bond donors (Lipinski definition) is 1. The highest BCUT2D eigenvalue weighted by Gasteiger charge is 2.35. The van der Waals surface area contributed by atoms with Crippen molar-refractivity contribution in [3.05, 3.63) is 28.0 Å². The third-order valence-corrected chi connectivity index (χ3v) is 6.43. The summed E-state index contributed by atoms with van der Waals surface area (Å²) < 4.78 is 40.6. The van der Waals surface area contributed by atoms with Crippen molar-refractivity contribution in [1.82, 2.24) is 4.31 Å². The topological polar surface area (TPSA) is 63.4 Å². The summed E-state index contributed by atoms with van der Waals surface area (Å²) in [5.74, 6) is -0.910. The van der Waals surface area contributed by atoms with Crippen LogP contribution in [0.4, 0.5) is 4.39 Å². The Morgan fingerprint density at radius 3 is 2.71 bits per heavy atom. The molecule has 1 unspecified atom stereocenters. The van der Waals surface area contributed by atoms with Crippen LogP contribution < -0.4 is 5.73 Å². The Hall–Kier alpha value is -0.400. The van der Waals surface area contributed by atoms with Gasteiger partial charge in [-0.05, 0) is 37.9 Å². The van der Waals surface area contributed by atoms with Crippen LogP contribution in [0.1, 0.15) is 25.7 Å². The van der Waals surface area contributed by atoms with Crippen molar-refractivity contribution < 1.29 is 12.8 Å². The highest BCUT2D eigenvalue weighted by Crippen LogP contribution is 2.34. The Kier molecular flexibility index (Phi) is 5.48. The number of sulfonamides is 1. The number of nitrogens with zero attached hydrogens (tertiary/aromatic N) is 1. The van der Waals surface area contributed by atoms with E-state index in [2.05, 4.69) is 0 Å². The summed E-state index contributed by atoms with van der Waals surface area (Å²) in [6, 6.07) is 2.29. The minimum Gasteiger partial charge on any atom is -0.330 e. The molecular formula is C13H17Cl2FN2O2S. The van der Waals surface area contributed by atoms with E-state index >= 15 is 0 Å². The lowest BCUT2D eigenvalue weighted by molar-refractivity contribution is 0.243. The lowest BCUT2D eigenvalue weighted by Gasteiger charge is -2.34. The molecule has 2 N–H and O–H groups in total. The number of rotatable bonds is 4. The largest absolute Gasteiger partial charge is 0.330 e. The Morgan fingerprint density at radius 2 is 2.05 bits per heavy atom. The molecule has 1 heterocycles. The predicted octanol–water partition coefficient (Wildman–Crippen LogP) is 3.02. The van der Waals surface area contributed by atoms with Crippen molar-refractivity contribution in [3.8, 4) is 0 Å². The second-order valence-corrected chi connectivity index (χ2v) is 7.66. The van der Waals surface area contributed by atoms with E-state index in [1.54, 1.807) is 0 Å². The molecule has 21 heavy (non-hydrogen) atoms. The molecule has 1 aromatic carbocycles. The Morgan fingerprint density at radius 1 is 1.33 bits per heavy atom. The van der Waals surface area contributed by atoms with Gasteiger partial charge in [0.2, 0.25) is 10.0 Å². The molecule has 8 heteroatoms. The van der Waals surface area contributed by atoms with Crippen LogP contribution in [0.15, 0.2) is 17.0 Å². The fourth-order valence-electron chi connectivity index (χ4n) is 2.61. The SMILES string of the molecule is NCCC1CCCCN1S(=O)(=O)c1ccc(Cl)c(F)c1Cl. The molecule has 0 radical (unpaired) electrons. The minimum atomic E-state index is -3.86. The van der Waals surface area contributed by atoms with Crippen molar-refractivity contribution in [1.29, 1.82) is 0 Å². The van der Waals surface area contributed by atoms with Gasteiger partial charge < -0.3 is 5.73 Å². The van der Waals surface area contributed by atoms with E-state index in [0.29, 0.717) is 19.5 Å². The van der Waals surface area contributed by atoms with Crippen LogP contribution >= 0.6 is 23.2 Å². The van der Waals surface area contributed by atoms with Crippen molar-refractivity contribution in [2.75, 3.05) is 13.1 Å². The summed E-state index contributed by atoms with van der Waals surface area (Å²) in [7, 11) is -3.86. The van der Waals surface area contributed by atoms with Gasteiger partial charge in [-0.2, -0.15) is 4.31 Å².